The van der Waals surface area contributed by atoms with E-state index in [9.17, 15) is 13.2 Å². The van der Waals surface area contributed by atoms with Crippen molar-refractivity contribution in [1.29, 1.82) is 0 Å². The van der Waals surface area contributed by atoms with Crippen LogP contribution in [0.15, 0.2) is 54.7 Å². The van der Waals surface area contributed by atoms with E-state index < -0.39 is 11.9 Å². The summed E-state index contributed by atoms with van der Waals surface area (Å²) < 4.78 is 46.9. The Balaban J connectivity index is 1.13. The molecule has 0 N–H and O–H groups in total. The number of halogens is 3. The monoisotopic (exact) mass is 493 g/mol. The number of pyridine rings is 1. The number of hydrogen-bond acceptors (Lipinski definition) is 5. The second-order valence-corrected chi connectivity index (χ2v) is 9.34. The van der Waals surface area contributed by atoms with Crippen LogP contribution in [0.25, 0.3) is 16.6 Å². The maximum Gasteiger partial charge on any atom is 0.434 e. The van der Waals surface area contributed by atoms with E-state index in [2.05, 4.69) is 50.1 Å². The molecule has 0 unspecified atom stereocenters. The maximum absolute atomic E-state index is 13.2. The van der Waals surface area contributed by atoms with Gasteiger partial charge < -0.3 is 9.64 Å². The van der Waals surface area contributed by atoms with Gasteiger partial charge in [0.25, 0.3) is 0 Å². The number of aryl methyl sites for hydroxylation is 1. The minimum absolute atomic E-state index is 0.0260. The Bertz CT molecular complexity index is 1420. The average molecular weight is 494 g/mol. The number of nitrogens with zero attached hydrogens (tertiary/aromatic N) is 5. The number of aromatic nitrogens is 3. The number of para-hydroxylation sites is 1. The van der Waals surface area contributed by atoms with Crippen molar-refractivity contribution in [3.05, 3.63) is 77.5 Å². The second-order valence-electron chi connectivity index (χ2n) is 9.34. The van der Waals surface area contributed by atoms with Crippen LogP contribution >= 0.6 is 0 Å². The molecule has 1 fully saturated rings. The third kappa shape index (κ3) is 4.17. The van der Waals surface area contributed by atoms with E-state index in [-0.39, 0.29) is 12.4 Å². The van der Waals surface area contributed by atoms with Gasteiger partial charge in [0.05, 0.1) is 11.2 Å². The number of ether oxygens (including phenoxy) is 1. The lowest BCUT2D eigenvalue weighted by atomic mass is 10.1. The number of benzene rings is 2. The zero-order valence-corrected chi connectivity index (χ0v) is 19.9. The van der Waals surface area contributed by atoms with Gasteiger partial charge in [0, 0.05) is 55.7 Å². The number of imidazole rings is 1. The molecule has 0 saturated carbocycles. The summed E-state index contributed by atoms with van der Waals surface area (Å²) in [6, 6.07) is 16.1. The van der Waals surface area contributed by atoms with Crippen molar-refractivity contribution in [1.82, 2.24) is 19.4 Å². The van der Waals surface area contributed by atoms with E-state index >= 15 is 0 Å². The summed E-state index contributed by atoms with van der Waals surface area (Å²) in [7, 11) is 0. The molecule has 2 aliphatic rings. The van der Waals surface area contributed by atoms with Gasteiger partial charge >= 0.3 is 6.18 Å². The molecule has 9 heteroatoms. The van der Waals surface area contributed by atoms with E-state index in [0.29, 0.717) is 11.4 Å². The SMILES string of the molecule is Cc1ccc2c(N3CCN(CCc4cccc5c4OCc4nc(C(F)(F)F)cn4-5)CC3)cccc2n1. The summed E-state index contributed by atoms with van der Waals surface area (Å²) in [6.45, 7) is 6.61. The van der Waals surface area contributed by atoms with Crippen LogP contribution in [-0.2, 0) is 19.2 Å². The molecule has 0 atom stereocenters. The molecule has 1 saturated heterocycles. The summed E-state index contributed by atoms with van der Waals surface area (Å²) in [5.41, 5.74) is 3.97. The molecule has 4 aromatic rings. The van der Waals surface area contributed by atoms with Crippen LogP contribution < -0.4 is 9.64 Å². The van der Waals surface area contributed by atoms with Crippen LogP contribution in [0.3, 0.4) is 0 Å². The van der Waals surface area contributed by atoms with Crippen LogP contribution in [0, 0.1) is 6.92 Å². The van der Waals surface area contributed by atoms with Gasteiger partial charge in [-0.3, -0.25) is 14.5 Å². The fraction of sp³-hybridized carbons (Fsp3) is 0.333. The maximum atomic E-state index is 13.2. The lowest BCUT2D eigenvalue weighted by molar-refractivity contribution is -0.141. The van der Waals surface area contributed by atoms with Gasteiger partial charge in [0.15, 0.2) is 11.5 Å². The van der Waals surface area contributed by atoms with E-state index in [1.165, 1.54) is 15.6 Å². The molecular formula is C27H26F3N5O. The molecule has 2 aliphatic heterocycles. The van der Waals surface area contributed by atoms with E-state index in [4.69, 9.17) is 4.74 Å². The third-order valence-electron chi connectivity index (χ3n) is 7.01. The molecule has 0 bridgehead atoms. The highest BCUT2D eigenvalue weighted by atomic mass is 19.4. The number of anilines is 1. The summed E-state index contributed by atoms with van der Waals surface area (Å²) in [5, 5.41) is 1.18. The molecular weight excluding hydrogens is 467 g/mol. The van der Waals surface area contributed by atoms with Crippen molar-refractivity contribution in [2.45, 2.75) is 26.1 Å². The fourth-order valence-corrected chi connectivity index (χ4v) is 5.13. The number of fused-ring (bicyclic) bond motifs is 4. The first-order chi connectivity index (χ1) is 17.4. The predicted octanol–water partition coefficient (Wildman–Crippen LogP) is 5.00. The van der Waals surface area contributed by atoms with Crippen molar-refractivity contribution in [3.8, 4) is 11.4 Å². The lowest BCUT2D eigenvalue weighted by Crippen LogP contribution is -2.47. The van der Waals surface area contributed by atoms with Gasteiger partial charge in [0.1, 0.15) is 12.4 Å². The zero-order valence-electron chi connectivity index (χ0n) is 19.9. The highest BCUT2D eigenvalue weighted by molar-refractivity contribution is 5.92. The summed E-state index contributed by atoms with van der Waals surface area (Å²) in [5.74, 6) is 0.912. The lowest BCUT2D eigenvalue weighted by Gasteiger charge is -2.36. The quantitative estimate of drug-likeness (QED) is 0.400. The van der Waals surface area contributed by atoms with Crippen molar-refractivity contribution >= 4 is 16.6 Å². The van der Waals surface area contributed by atoms with Crippen LogP contribution in [-0.4, -0.2) is 52.2 Å². The number of hydrogen-bond donors (Lipinski definition) is 0. The summed E-state index contributed by atoms with van der Waals surface area (Å²) >= 11 is 0. The first kappa shape index (κ1) is 22.8. The Morgan fingerprint density at radius 3 is 2.50 bits per heavy atom. The van der Waals surface area contributed by atoms with Crippen molar-refractivity contribution in [2.75, 3.05) is 37.6 Å². The number of rotatable bonds is 4. The number of alkyl halides is 3. The molecule has 0 spiro atoms. The van der Waals surface area contributed by atoms with Crippen molar-refractivity contribution in [2.24, 2.45) is 0 Å². The minimum Gasteiger partial charge on any atom is -0.483 e. The Kier molecular flexibility index (Phi) is 5.59. The van der Waals surface area contributed by atoms with Gasteiger partial charge in [-0.15, -0.1) is 0 Å². The smallest absolute Gasteiger partial charge is 0.434 e. The molecule has 186 valence electrons. The molecule has 0 amide bonds. The Morgan fingerprint density at radius 2 is 1.69 bits per heavy atom. The van der Waals surface area contributed by atoms with Gasteiger partial charge in [0.2, 0.25) is 0 Å². The Labute approximate surface area is 206 Å². The molecule has 36 heavy (non-hydrogen) atoms. The molecule has 4 heterocycles. The highest BCUT2D eigenvalue weighted by Crippen LogP contribution is 2.36. The van der Waals surface area contributed by atoms with Crippen LogP contribution in [0.2, 0.25) is 0 Å². The molecule has 6 rings (SSSR count). The first-order valence-electron chi connectivity index (χ1n) is 12.1. The van der Waals surface area contributed by atoms with Crippen LogP contribution in [0.1, 0.15) is 22.8 Å². The van der Waals surface area contributed by atoms with Crippen molar-refractivity contribution in [3.63, 3.8) is 0 Å². The van der Waals surface area contributed by atoms with E-state index in [1.54, 1.807) is 6.07 Å². The summed E-state index contributed by atoms with van der Waals surface area (Å²) in [4.78, 5) is 13.2. The van der Waals surface area contributed by atoms with Gasteiger partial charge in [-0.2, -0.15) is 13.2 Å². The van der Waals surface area contributed by atoms with Gasteiger partial charge in [-0.05, 0) is 49.2 Å². The highest BCUT2D eigenvalue weighted by Gasteiger charge is 2.36. The number of piperazine rings is 1. The molecule has 6 nitrogen and oxygen atoms in total. The third-order valence-corrected chi connectivity index (χ3v) is 7.01. The molecule has 2 aromatic heterocycles. The largest absolute Gasteiger partial charge is 0.483 e. The van der Waals surface area contributed by atoms with Crippen LogP contribution in [0.5, 0.6) is 5.75 Å². The summed E-state index contributed by atoms with van der Waals surface area (Å²) in [6.07, 6.45) is -2.66. The van der Waals surface area contributed by atoms with Crippen molar-refractivity contribution < 1.29 is 17.9 Å². The molecule has 0 radical (unpaired) electrons. The normalized spacial score (nSPS) is 16.1. The van der Waals surface area contributed by atoms with Gasteiger partial charge in [-0.25, -0.2) is 4.98 Å². The standard InChI is InChI=1S/C27H26F3N5O/c1-18-8-9-20-21(31-18)5-3-6-22(20)34-14-12-33(13-15-34)11-10-19-4-2-7-23-26(19)36-17-25-32-24(16-35(23)25)27(28,29)30/h2-9,16H,10-15,17H2,1H3. The topological polar surface area (TPSA) is 46.4 Å². The molecule has 2 aromatic carbocycles. The first-order valence-corrected chi connectivity index (χ1v) is 12.1. The Hall–Kier alpha value is -3.59. The van der Waals surface area contributed by atoms with E-state index in [1.807, 2.05) is 19.1 Å². The minimum atomic E-state index is -4.48. The van der Waals surface area contributed by atoms with Crippen LogP contribution in [0.4, 0.5) is 18.9 Å². The Morgan fingerprint density at radius 1 is 0.917 bits per heavy atom. The average Bonchev–Trinajstić information content (AvgIpc) is 3.33. The molecule has 0 aliphatic carbocycles. The van der Waals surface area contributed by atoms with Gasteiger partial charge in [-0.1, -0.05) is 18.2 Å². The second kappa shape index (κ2) is 8.81. The zero-order chi connectivity index (χ0) is 24.9. The predicted molar refractivity (Wildman–Crippen MR) is 132 cm³/mol. The van der Waals surface area contributed by atoms with E-state index in [0.717, 1.165) is 62.1 Å². The fourth-order valence-electron chi connectivity index (χ4n) is 5.13.